The summed E-state index contributed by atoms with van der Waals surface area (Å²) < 4.78 is 3.75. The standard InChI is InChI=1S/C11H14N4S/c1-9-3-5-10(6-4-9)7-8-15(2)11-12-13-14-16-11/h3-6H,7-8H2,1-2H3. The predicted molar refractivity (Wildman–Crippen MR) is 65.9 cm³/mol. The number of rotatable bonds is 4. The molecule has 0 N–H and O–H groups in total. The quantitative estimate of drug-likeness (QED) is 0.810. The Morgan fingerprint density at radius 1 is 1.25 bits per heavy atom. The minimum atomic E-state index is 0.868. The number of nitrogens with zero attached hydrogens (tertiary/aromatic N) is 4. The molecule has 0 radical (unpaired) electrons. The Balaban J connectivity index is 1.90. The van der Waals surface area contributed by atoms with Gasteiger partial charge in [-0.1, -0.05) is 39.4 Å². The maximum Gasteiger partial charge on any atom is 0.227 e. The van der Waals surface area contributed by atoms with E-state index < -0.39 is 0 Å². The number of aryl methyl sites for hydroxylation is 1. The van der Waals surface area contributed by atoms with Crippen molar-refractivity contribution >= 4 is 16.7 Å². The molecule has 0 aliphatic heterocycles. The molecule has 0 saturated heterocycles. The summed E-state index contributed by atoms with van der Waals surface area (Å²) in [5.74, 6) is 0. The zero-order valence-electron chi connectivity index (χ0n) is 9.42. The minimum Gasteiger partial charge on any atom is -0.348 e. The molecule has 5 heteroatoms. The van der Waals surface area contributed by atoms with Crippen LogP contribution in [0.2, 0.25) is 0 Å². The Labute approximate surface area is 99.1 Å². The van der Waals surface area contributed by atoms with Gasteiger partial charge in [0.25, 0.3) is 0 Å². The van der Waals surface area contributed by atoms with Crippen LogP contribution in [0, 0.1) is 6.92 Å². The van der Waals surface area contributed by atoms with Crippen LogP contribution in [0.25, 0.3) is 0 Å². The second-order valence-electron chi connectivity index (χ2n) is 3.80. The van der Waals surface area contributed by atoms with Crippen molar-refractivity contribution in [2.24, 2.45) is 0 Å². The Hall–Kier alpha value is -1.49. The largest absolute Gasteiger partial charge is 0.348 e. The zero-order chi connectivity index (χ0) is 11.4. The average molecular weight is 234 g/mol. The van der Waals surface area contributed by atoms with Crippen molar-refractivity contribution in [3.05, 3.63) is 35.4 Å². The third-order valence-electron chi connectivity index (χ3n) is 2.47. The maximum atomic E-state index is 3.93. The lowest BCUT2D eigenvalue weighted by Crippen LogP contribution is -2.20. The van der Waals surface area contributed by atoms with E-state index in [0.29, 0.717) is 0 Å². The summed E-state index contributed by atoms with van der Waals surface area (Å²) in [6.07, 6.45) is 1.01. The van der Waals surface area contributed by atoms with E-state index >= 15 is 0 Å². The van der Waals surface area contributed by atoms with Gasteiger partial charge in [-0.25, -0.2) is 0 Å². The number of likely N-dealkylation sites (N-methyl/N-ethyl adjacent to an activating group) is 1. The van der Waals surface area contributed by atoms with Gasteiger partial charge in [0.15, 0.2) is 0 Å². The highest BCUT2D eigenvalue weighted by Gasteiger charge is 2.04. The topological polar surface area (TPSA) is 41.9 Å². The van der Waals surface area contributed by atoms with Crippen molar-refractivity contribution < 1.29 is 0 Å². The highest BCUT2D eigenvalue weighted by Crippen LogP contribution is 2.12. The van der Waals surface area contributed by atoms with Crippen LogP contribution in [-0.4, -0.2) is 28.4 Å². The smallest absolute Gasteiger partial charge is 0.227 e. The second-order valence-corrected chi connectivity index (χ2v) is 4.51. The van der Waals surface area contributed by atoms with E-state index in [9.17, 15) is 0 Å². The van der Waals surface area contributed by atoms with Crippen molar-refractivity contribution in [2.45, 2.75) is 13.3 Å². The van der Waals surface area contributed by atoms with Gasteiger partial charge in [0.05, 0.1) is 0 Å². The SMILES string of the molecule is Cc1ccc(CCN(C)c2nnns2)cc1. The van der Waals surface area contributed by atoms with E-state index in [4.69, 9.17) is 0 Å². The van der Waals surface area contributed by atoms with Crippen LogP contribution >= 0.6 is 11.5 Å². The third-order valence-corrected chi connectivity index (χ3v) is 3.18. The summed E-state index contributed by atoms with van der Waals surface area (Å²) in [5.41, 5.74) is 2.64. The fourth-order valence-electron chi connectivity index (χ4n) is 1.42. The molecule has 1 aromatic carbocycles. The summed E-state index contributed by atoms with van der Waals surface area (Å²) >= 11 is 1.32. The maximum absolute atomic E-state index is 3.93. The molecule has 0 bridgehead atoms. The van der Waals surface area contributed by atoms with Gasteiger partial charge in [-0.3, -0.25) is 0 Å². The van der Waals surface area contributed by atoms with Crippen LogP contribution < -0.4 is 4.90 Å². The van der Waals surface area contributed by atoms with E-state index in [2.05, 4.69) is 50.9 Å². The van der Waals surface area contributed by atoms with Crippen molar-refractivity contribution in [2.75, 3.05) is 18.5 Å². The third kappa shape index (κ3) is 2.76. The van der Waals surface area contributed by atoms with Gasteiger partial charge < -0.3 is 4.90 Å². The summed E-state index contributed by atoms with van der Waals surface area (Å²) in [6, 6.07) is 8.62. The van der Waals surface area contributed by atoms with E-state index in [0.717, 1.165) is 18.1 Å². The van der Waals surface area contributed by atoms with E-state index in [-0.39, 0.29) is 0 Å². The van der Waals surface area contributed by atoms with Crippen LogP contribution in [0.5, 0.6) is 0 Å². The molecule has 16 heavy (non-hydrogen) atoms. The van der Waals surface area contributed by atoms with Gasteiger partial charge in [0, 0.05) is 25.1 Å². The summed E-state index contributed by atoms with van der Waals surface area (Å²) in [5, 5.41) is 8.38. The van der Waals surface area contributed by atoms with Crippen molar-refractivity contribution in [1.82, 2.24) is 14.8 Å². The van der Waals surface area contributed by atoms with Gasteiger partial charge in [0.1, 0.15) is 0 Å². The molecule has 1 aromatic heterocycles. The van der Waals surface area contributed by atoms with Gasteiger partial charge in [-0.15, -0.1) is 0 Å². The first kappa shape index (κ1) is 11.0. The molecule has 1 heterocycles. The monoisotopic (exact) mass is 234 g/mol. The lowest BCUT2D eigenvalue weighted by atomic mass is 10.1. The van der Waals surface area contributed by atoms with Gasteiger partial charge >= 0.3 is 0 Å². The fourth-order valence-corrected chi connectivity index (χ4v) is 1.87. The molecule has 0 saturated carbocycles. The Bertz CT molecular complexity index is 424. The van der Waals surface area contributed by atoms with Crippen LogP contribution in [-0.2, 0) is 6.42 Å². The lowest BCUT2D eigenvalue weighted by Gasteiger charge is -2.14. The molecule has 0 aliphatic rings. The molecule has 0 fully saturated rings. The number of hydrogen-bond acceptors (Lipinski definition) is 5. The van der Waals surface area contributed by atoms with Crippen LogP contribution in [0.15, 0.2) is 24.3 Å². The van der Waals surface area contributed by atoms with Gasteiger partial charge in [0.2, 0.25) is 5.13 Å². The normalized spacial score (nSPS) is 10.4. The average Bonchev–Trinajstić information content (AvgIpc) is 2.81. The second kappa shape index (κ2) is 5.03. The first-order valence-electron chi connectivity index (χ1n) is 5.17. The van der Waals surface area contributed by atoms with E-state index in [1.165, 1.54) is 22.7 Å². The molecule has 0 atom stereocenters. The molecule has 0 aliphatic carbocycles. The Kier molecular flexibility index (Phi) is 3.46. The number of benzene rings is 1. The number of aromatic nitrogens is 3. The fraction of sp³-hybridized carbons (Fsp3) is 0.364. The molecule has 84 valence electrons. The molecule has 4 nitrogen and oxygen atoms in total. The van der Waals surface area contributed by atoms with Gasteiger partial charge in [-0.2, -0.15) is 0 Å². The van der Waals surface area contributed by atoms with Crippen molar-refractivity contribution in [3.8, 4) is 0 Å². The first-order chi connectivity index (χ1) is 7.75. The molecule has 2 rings (SSSR count). The van der Waals surface area contributed by atoms with Crippen LogP contribution in [0.1, 0.15) is 11.1 Å². The van der Waals surface area contributed by atoms with Crippen molar-refractivity contribution in [3.63, 3.8) is 0 Å². The highest BCUT2D eigenvalue weighted by atomic mass is 32.1. The Morgan fingerprint density at radius 2 is 2.00 bits per heavy atom. The van der Waals surface area contributed by atoms with Crippen LogP contribution in [0.3, 0.4) is 0 Å². The number of anilines is 1. The highest BCUT2D eigenvalue weighted by molar-refractivity contribution is 7.09. The molecular formula is C11H14N4S. The molecule has 0 amide bonds. The predicted octanol–water partition coefficient (Wildman–Crippen LogP) is 1.92. The molecule has 0 spiro atoms. The minimum absolute atomic E-state index is 0.868. The van der Waals surface area contributed by atoms with E-state index in [1.54, 1.807) is 0 Å². The van der Waals surface area contributed by atoms with Crippen LogP contribution in [0.4, 0.5) is 5.13 Å². The zero-order valence-corrected chi connectivity index (χ0v) is 10.2. The summed E-state index contributed by atoms with van der Waals surface area (Å²) in [6.45, 7) is 3.03. The first-order valence-corrected chi connectivity index (χ1v) is 5.95. The summed E-state index contributed by atoms with van der Waals surface area (Å²) in [7, 11) is 2.01. The Morgan fingerprint density at radius 3 is 2.62 bits per heavy atom. The van der Waals surface area contributed by atoms with Gasteiger partial charge in [-0.05, 0) is 24.1 Å². The molecular weight excluding hydrogens is 220 g/mol. The number of hydrogen-bond donors (Lipinski definition) is 0. The van der Waals surface area contributed by atoms with E-state index in [1.807, 2.05) is 7.05 Å². The molecule has 0 unspecified atom stereocenters. The lowest BCUT2D eigenvalue weighted by molar-refractivity contribution is 0.848. The summed E-state index contributed by atoms with van der Waals surface area (Å²) in [4.78, 5) is 2.07. The molecule has 2 aromatic rings. The van der Waals surface area contributed by atoms with Crippen molar-refractivity contribution in [1.29, 1.82) is 0 Å².